The summed E-state index contributed by atoms with van der Waals surface area (Å²) in [6.07, 6.45) is 3.47. The standard InChI is InChI=1S/C16H18N6OS/c1-11-7-13(10-18-14(11)8-17)21-3-5-22(6-4-21)16(23)20-15-19-9-12(2)24-15/h7,9-10H,3-6H2,1-2H3,(H,19,20,23). The van der Waals surface area contributed by atoms with Gasteiger partial charge in [-0.2, -0.15) is 5.26 Å². The minimum Gasteiger partial charge on any atom is -0.367 e. The zero-order chi connectivity index (χ0) is 17.1. The van der Waals surface area contributed by atoms with Crippen LogP contribution in [0.25, 0.3) is 0 Å². The van der Waals surface area contributed by atoms with Crippen molar-refractivity contribution in [2.75, 3.05) is 36.4 Å². The molecule has 124 valence electrons. The summed E-state index contributed by atoms with van der Waals surface area (Å²) in [5, 5.41) is 12.4. The summed E-state index contributed by atoms with van der Waals surface area (Å²) in [7, 11) is 0. The van der Waals surface area contributed by atoms with Gasteiger partial charge in [0.2, 0.25) is 0 Å². The normalized spacial score (nSPS) is 14.4. The fourth-order valence-electron chi connectivity index (χ4n) is 2.60. The van der Waals surface area contributed by atoms with Crippen LogP contribution in [0.4, 0.5) is 15.6 Å². The molecule has 0 atom stereocenters. The fourth-order valence-corrected chi connectivity index (χ4v) is 3.25. The molecule has 2 amide bonds. The van der Waals surface area contributed by atoms with Gasteiger partial charge in [0, 0.05) is 37.3 Å². The molecule has 1 fully saturated rings. The van der Waals surface area contributed by atoms with Gasteiger partial charge in [-0.1, -0.05) is 0 Å². The lowest BCUT2D eigenvalue weighted by Crippen LogP contribution is -2.50. The number of amides is 2. The van der Waals surface area contributed by atoms with E-state index in [1.807, 2.05) is 19.9 Å². The monoisotopic (exact) mass is 342 g/mol. The summed E-state index contributed by atoms with van der Waals surface area (Å²) in [4.78, 5) is 25.6. The summed E-state index contributed by atoms with van der Waals surface area (Å²) in [5.41, 5.74) is 2.31. The first-order valence-electron chi connectivity index (χ1n) is 7.67. The molecule has 1 aliphatic rings. The molecule has 0 bridgehead atoms. The number of thiazole rings is 1. The highest BCUT2D eigenvalue weighted by Crippen LogP contribution is 2.20. The molecule has 0 radical (unpaired) electrons. The van der Waals surface area contributed by atoms with E-state index in [1.54, 1.807) is 17.3 Å². The number of aryl methyl sites for hydroxylation is 2. The summed E-state index contributed by atoms with van der Waals surface area (Å²) < 4.78 is 0. The molecule has 2 aromatic heterocycles. The number of urea groups is 1. The van der Waals surface area contributed by atoms with Crippen LogP contribution >= 0.6 is 11.3 Å². The third-order valence-corrected chi connectivity index (χ3v) is 4.77. The first-order chi connectivity index (χ1) is 11.6. The number of nitrogens with one attached hydrogen (secondary N) is 1. The largest absolute Gasteiger partial charge is 0.367 e. The molecular formula is C16H18N6OS. The highest BCUT2D eigenvalue weighted by atomic mass is 32.1. The van der Waals surface area contributed by atoms with Gasteiger partial charge in [0.15, 0.2) is 5.13 Å². The number of carbonyl (C=O) groups excluding carboxylic acids is 1. The van der Waals surface area contributed by atoms with Crippen molar-refractivity contribution in [2.24, 2.45) is 0 Å². The molecule has 1 N–H and O–H groups in total. The number of hydrogen-bond donors (Lipinski definition) is 1. The minimum absolute atomic E-state index is 0.113. The Bertz CT molecular complexity index is 788. The number of piperazine rings is 1. The van der Waals surface area contributed by atoms with Crippen LogP contribution in [0.1, 0.15) is 16.1 Å². The van der Waals surface area contributed by atoms with Crippen molar-refractivity contribution in [2.45, 2.75) is 13.8 Å². The Labute approximate surface area is 144 Å². The molecule has 1 aliphatic heterocycles. The van der Waals surface area contributed by atoms with Gasteiger partial charge in [-0.05, 0) is 25.5 Å². The molecule has 0 aromatic carbocycles. The predicted molar refractivity (Wildman–Crippen MR) is 93.3 cm³/mol. The van der Waals surface area contributed by atoms with Crippen LogP contribution in [-0.2, 0) is 0 Å². The van der Waals surface area contributed by atoms with Crippen LogP contribution in [0.15, 0.2) is 18.5 Å². The van der Waals surface area contributed by atoms with Crippen molar-refractivity contribution in [3.8, 4) is 6.07 Å². The van der Waals surface area contributed by atoms with Crippen LogP contribution in [0.5, 0.6) is 0 Å². The number of nitriles is 1. The van der Waals surface area contributed by atoms with Crippen molar-refractivity contribution < 1.29 is 4.79 Å². The van der Waals surface area contributed by atoms with Gasteiger partial charge < -0.3 is 9.80 Å². The van der Waals surface area contributed by atoms with Gasteiger partial charge in [-0.15, -0.1) is 11.3 Å². The van der Waals surface area contributed by atoms with Gasteiger partial charge in [0.05, 0.1) is 11.9 Å². The topological polar surface area (TPSA) is 85.2 Å². The van der Waals surface area contributed by atoms with Crippen LogP contribution < -0.4 is 10.2 Å². The SMILES string of the molecule is Cc1cnc(NC(=O)N2CCN(c3cnc(C#N)c(C)c3)CC2)s1. The van der Waals surface area contributed by atoms with E-state index in [4.69, 9.17) is 5.26 Å². The molecule has 1 saturated heterocycles. The van der Waals surface area contributed by atoms with Crippen LogP contribution in [0, 0.1) is 25.2 Å². The average molecular weight is 342 g/mol. The van der Waals surface area contributed by atoms with Gasteiger partial charge >= 0.3 is 6.03 Å². The number of pyridine rings is 1. The van der Waals surface area contributed by atoms with Crippen molar-refractivity contribution in [3.63, 3.8) is 0 Å². The number of nitrogens with zero attached hydrogens (tertiary/aromatic N) is 5. The van der Waals surface area contributed by atoms with Crippen molar-refractivity contribution >= 4 is 28.2 Å². The lowest BCUT2D eigenvalue weighted by Gasteiger charge is -2.35. The molecule has 0 spiro atoms. The van der Waals surface area contributed by atoms with E-state index in [2.05, 4.69) is 26.3 Å². The molecule has 0 unspecified atom stereocenters. The highest BCUT2D eigenvalue weighted by Gasteiger charge is 2.22. The summed E-state index contributed by atoms with van der Waals surface area (Å²) in [5.74, 6) is 0. The molecule has 3 rings (SSSR count). The highest BCUT2D eigenvalue weighted by molar-refractivity contribution is 7.15. The number of rotatable bonds is 2. The smallest absolute Gasteiger partial charge is 0.323 e. The van der Waals surface area contributed by atoms with Crippen molar-refractivity contribution in [3.05, 3.63) is 34.6 Å². The van der Waals surface area contributed by atoms with E-state index in [0.29, 0.717) is 23.9 Å². The Morgan fingerprint density at radius 3 is 2.58 bits per heavy atom. The molecular weight excluding hydrogens is 324 g/mol. The summed E-state index contributed by atoms with van der Waals surface area (Å²) >= 11 is 1.47. The lowest BCUT2D eigenvalue weighted by molar-refractivity contribution is 0.208. The van der Waals surface area contributed by atoms with Gasteiger partial charge in [-0.3, -0.25) is 5.32 Å². The predicted octanol–water partition coefficient (Wildman–Crippen LogP) is 2.38. The number of anilines is 2. The fraction of sp³-hybridized carbons (Fsp3) is 0.375. The van der Waals surface area contributed by atoms with Crippen LogP contribution in [0.3, 0.4) is 0 Å². The molecule has 24 heavy (non-hydrogen) atoms. The summed E-state index contributed by atoms with van der Waals surface area (Å²) in [6.45, 7) is 6.58. The molecule has 2 aromatic rings. The third-order valence-electron chi connectivity index (χ3n) is 3.94. The quantitative estimate of drug-likeness (QED) is 0.906. The van der Waals surface area contributed by atoms with E-state index < -0.39 is 0 Å². The maximum absolute atomic E-state index is 12.3. The Morgan fingerprint density at radius 2 is 2.00 bits per heavy atom. The van der Waals surface area contributed by atoms with E-state index in [-0.39, 0.29) is 6.03 Å². The third kappa shape index (κ3) is 3.46. The zero-order valence-electron chi connectivity index (χ0n) is 13.6. The van der Waals surface area contributed by atoms with Crippen molar-refractivity contribution in [1.82, 2.24) is 14.9 Å². The Kier molecular flexibility index (Phi) is 4.62. The summed E-state index contributed by atoms with van der Waals surface area (Å²) in [6, 6.07) is 3.94. The second-order valence-corrected chi connectivity index (χ2v) is 6.89. The van der Waals surface area contributed by atoms with E-state index in [1.165, 1.54) is 11.3 Å². The minimum atomic E-state index is -0.113. The molecule has 0 aliphatic carbocycles. The molecule has 8 heteroatoms. The molecule has 3 heterocycles. The second-order valence-electron chi connectivity index (χ2n) is 5.65. The van der Waals surface area contributed by atoms with Gasteiger partial charge in [0.1, 0.15) is 11.8 Å². The first kappa shape index (κ1) is 16.2. The van der Waals surface area contributed by atoms with E-state index in [9.17, 15) is 4.79 Å². The lowest BCUT2D eigenvalue weighted by atomic mass is 10.2. The van der Waals surface area contributed by atoms with Gasteiger partial charge in [0.25, 0.3) is 0 Å². The van der Waals surface area contributed by atoms with Crippen LogP contribution in [0.2, 0.25) is 0 Å². The Hall–Kier alpha value is -2.66. The molecule has 0 saturated carbocycles. The Balaban J connectivity index is 1.58. The van der Waals surface area contributed by atoms with Crippen molar-refractivity contribution in [1.29, 1.82) is 5.26 Å². The van der Waals surface area contributed by atoms with Gasteiger partial charge in [-0.25, -0.2) is 14.8 Å². The van der Waals surface area contributed by atoms with E-state index in [0.717, 1.165) is 29.2 Å². The van der Waals surface area contributed by atoms with Crippen LogP contribution in [-0.4, -0.2) is 47.1 Å². The average Bonchev–Trinajstić information content (AvgIpc) is 2.99. The first-order valence-corrected chi connectivity index (χ1v) is 8.48. The maximum atomic E-state index is 12.3. The Morgan fingerprint density at radius 1 is 1.25 bits per heavy atom. The number of aromatic nitrogens is 2. The zero-order valence-corrected chi connectivity index (χ0v) is 14.4. The number of carbonyl (C=O) groups is 1. The number of hydrogen-bond acceptors (Lipinski definition) is 6. The van der Waals surface area contributed by atoms with E-state index >= 15 is 0 Å². The molecule has 7 nitrogen and oxygen atoms in total. The second kappa shape index (κ2) is 6.84. The maximum Gasteiger partial charge on any atom is 0.323 e.